The lowest BCUT2D eigenvalue weighted by molar-refractivity contribution is 0.796. The highest BCUT2D eigenvalue weighted by atomic mass is 127. The quantitative estimate of drug-likeness (QED) is 0.0528. The zero-order valence-corrected chi connectivity index (χ0v) is 34.9. The van der Waals surface area contributed by atoms with Crippen LogP contribution in [-0.2, 0) is 6.42 Å². The Morgan fingerprint density at radius 3 is 2.27 bits per heavy atom. The summed E-state index contributed by atoms with van der Waals surface area (Å²) in [6.45, 7) is 22.7. The predicted molar refractivity (Wildman–Crippen MR) is 254 cm³/mol. The molecule has 0 amide bonds. The lowest BCUT2D eigenvalue weighted by atomic mass is 10.0. The lowest BCUT2D eigenvalue weighted by Gasteiger charge is -2.32. The van der Waals surface area contributed by atoms with Gasteiger partial charge in [0, 0.05) is 56.6 Å². The first-order valence-electron chi connectivity index (χ1n) is 19.0. The fraction of sp³-hybridized carbons (Fsp3) is 0.176. The molecule has 2 N–H and O–H groups in total. The van der Waals surface area contributed by atoms with Crippen LogP contribution in [0, 0.1) is 5.92 Å². The van der Waals surface area contributed by atoms with Gasteiger partial charge in [0.25, 0.3) is 0 Å². The molecule has 1 aliphatic rings. The second-order valence-electron chi connectivity index (χ2n) is 13.3. The Balaban J connectivity index is 0.00000331. The smallest absolute Gasteiger partial charge is 0.0557 e. The molecular weight excluding hydrogens is 781 g/mol. The zero-order valence-electron chi connectivity index (χ0n) is 32.7. The van der Waals surface area contributed by atoms with E-state index >= 15 is 0 Å². The molecule has 55 heavy (non-hydrogen) atoms. The van der Waals surface area contributed by atoms with Crippen LogP contribution in [0.15, 0.2) is 195 Å². The monoisotopic (exact) mass is 837 g/mol. The van der Waals surface area contributed by atoms with Crippen molar-refractivity contribution in [2.24, 2.45) is 9.86 Å². The summed E-state index contributed by atoms with van der Waals surface area (Å²) in [5.41, 5.74) is 10.3. The molecule has 0 bridgehead atoms. The van der Waals surface area contributed by atoms with Gasteiger partial charge in [-0.1, -0.05) is 161 Å². The highest BCUT2D eigenvalue weighted by Gasteiger charge is 2.22. The molecule has 4 aromatic rings. The van der Waals surface area contributed by atoms with Crippen LogP contribution >= 0.6 is 22.9 Å². The molecule has 0 radical (unpaired) electrons. The van der Waals surface area contributed by atoms with Gasteiger partial charge in [-0.2, -0.15) is 0 Å². The van der Waals surface area contributed by atoms with Crippen molar-refractivity contribution in [3.63, 3.8) is 0 Å². The van der Waals surface area contributed by atoms with Crippen LogP contribution in [-0.4, -0.2) is 6.04 Å². The van der Waals surface area contributed by atoms with Gasteiger partial charge in [0.2, 0.25) is 0 Å². The fourth-order valence-corrected chi connectivity index (χ4v) is 6.85. The van der Waals surface area contributed by atoms with E-state index < -0.39 is 0 Å². The summed E-state index contributed by atoms with van der Waals surface area (Å²) < 4.78 is 4.47. The molecule has 0 spiro atoms. The van der Waals surface area contributed by atoms with Crippen LogP contribution < -0.4 is 13.7 Å². The second-order valence-corrected chi connectivity index (χ2v) is 13.3. The standard InChI is InChI=1S/C51H54N2.H2IN/c1-8-20-45(52(44(12-5)35-31-39(7)9-2)50-29-18-24-42(11-4)48(50)13-6)26-17-22-41-33-37-47(38-34-41)53(46-27-16-21-40(10-3)32-36-46)51-30-19-25-43-23-14-15-28-49(43)51;1-2/h9-20,23-35,37-39,46H,2-4,6,8,21-22,36H2,1,5,7H3;2H2/b26-17-,35-31-,44-12+,45-20+;. The van der Waals surface area contributed by atoms with Crippen molar-refractivity contribution in [3.05, 3.63) is 212 Å². The van der Waals surface area contributed by atoms with Gasteiger partial charge in [-0.3, -0.25) is 3.95 Å². The Kier molecular flexibility index (Phi) is 17.2. The third-order valence-electron chi connectivity index (χ3n) is 9.76. The van der Waals surface area contributed by atoms with Crippen LogP contribution in [0.2, 0.25) is 0 Å². The first kappa shape index (κ1) is 42.6. The van der Waals surface area contributed by atoms with E-state index in [0.29, 0.717) is 0 Å². The molecule has 0 heterocycles. The molecule has 0 aromatic heterocycles. The maximum Gasteiger partial charge on any atom is 0.0557 e. The molecule has 0 saturated carbocycles. The normalized spacial score (nSPS) is 15.1. The number of allylic oxidation sites excluding steroid dienone is 10. The number of rotatable bonds is 16. The Labute approximate surface area is 344 Å². The SMILES string of the molecule is C=CC1=CCC(N(c2ccc(C/C=C\C(=C/CC)N(C(/C=C\C(C)C=C)=C/C)c3cccc(C=C)c3C=C)cc2)c2cccc3ccccc23)C=CC1.NI. The summed E-state index contributed by atoms with van der Waals surface area (Å²) in [6.07, 6.45) is 31.6. The van der Waals surface area contributed by atoms with Crippen molar-refractivity contribution in [2.45, 2.75) is 52.5 Å². The van der Waals surface area contributed by atoms with E-state index in [9.17, 15) is 0 Å². The third kappa shape index (κ3) is 11.0. The van der Waals surface area contributed by atoms with Crippen LogP contribution in [0.1, 0.15) is 56.7 Å². The number of anilines is 3. The van der Waals surface area contributed by atoms with Crippen molar-refractivity contribution < 1.29 is 0 Å². The van der Waals surface area contributed by atoms with Crippen molar-refractivity contribution in [1.29, 1.82) is 0 Å². The van der Waals surface area contributed by atoms with Gasteiger partial charge >= 0.3 is 0 Å². The van der Waals surface area contributed by atoms with E-state index in [4.69, 9.17) is 0 Å². The van der Waals surface area contributed by atoms with Crippen LogP contribution in [0.3, 0.4) is 0 Å². The first-order valence-corrected chi connectivity index (χ1v) is 20.3. The van der Waals surface area contributed by atoms with Gasteiger partial charge in [0.05, 0.1) is 11.7 Å². The van der Waals surface area contributed by atoms with Gasteiger partial charge in [-0.25, -0.2) is 0 Å². The van der Waals surface area contributed by atoms with Gasteiger partial charge in [0.15, 0.2) is 0 Å². The van der Waals surface area contributed by atoms with Crippen LogP contribution in [0.5, 0.6) is 0 Å². The molecular formula is C51H56IN3. The van der Waals surface area contributed by atoms with Crippen molar-refractivity contribution in [3.8, 4) is 0 Å². The van der Waals surface area contributed by atoms with Gasteiger partial charge in [0.1, 0.15) is 0 Å². The summed E-state index contributed by atoms with van der Waals surface area (Å²) in [5, 5.41) is 2.49. The Morgan fingerprint density at radius 2 is 1.58 bits per heavy atom. The average Bonchev–Trinajstić information content (AvgIpc) is 3.49. The third-order valence-corrected chi connectivity index (χ3v) is 9.76. The largest absolute Gasteiger partial charge is 0.334 e. The van der Waals surface area contributed by atoms with E-state index in [1.807, 2.05) is 24.3 Å². The summed E-state index contributed by atoms with van der Waals surface area (Å²) in [5.74, 6) is 0.249. The van der Waals surface area contributed by atoms with Gasteiger partial charge in [-0.15, -0.1) is 6.58 Å². The summed E-state index contributed by atoms with van der Waals surface area (Å²) >= 11 is 1.65. The topological polar surface area (TPSA) is 32.5 Å². The van der Waals surface area contributed by atoms with E-state index in [2.05, 4.69) is 200 Å². The number of halogens is 1. The molecule has 1 aliphatic carbocycles. The van der Waals surface area contributed by atoms with Gasteiger partial charge < -0.3 is 9.80 Å². The molecule has 3 nitrogen and oxygen atoms in total. The molecule has 2 atom stereocenters. The van der Waals surface area contributed by atoms with E-state index in [0.717, 1.165) is 53.9 Å². The highest BCUT2D eigenvalue weighted by molar-refractivity contribution is 14.1. The van der Waals surface area contributed by atoms with E-state index in [1.165, 1.54) is 33.3 Å². The van der Waals surface area contributed by atoms with E-state index in [-0.39, 0.29) is 12.0 Å². The number of nitrogens with two attached hydrogens (primary N) is 1. The minimum Gasteiger partial charge on any atom is -0.334 e. The number of nitrogens with zero attached hydrogens (tertiary/aromatic N) is 2. The van der Waals surface area contributed by atoms with Crippen molar-refractivity contribution in [1.82, 2.24) is 0 Å². The first-order chi connectivity index (χ1) is 27.0. The predicted octanol–water partition coefficient (Wildman–Crippen LogP) is 14.6. The number of fused-ring (bicyclic) bond motifs is 1. The van der Waals surface area contributed by atoms with Crippen LogP contribution in [0.4, 0.5) is 17.1 Å². The number of hydrogen-bond donors (Lipinski definition) is 1. The van der Waals surface area contributed by atoms with E-state index in [1.54, 1.807) is 22.9 Å². The second kappa shape index (κ2) is 22.3. The summed E-state index contributed by atoms with van der Waals surface area (Å²) in [7, 11) is 0. The highest BCUT2D eigenvalue weighted by Crippen LogP contribution is 2.37. The molecule has 4 heteroatoms. The van der Waals surface area contributed by atoms with Crippen molar-refractivity contribution in [2.75, 3.05) is 9.80 Å². The number of hydrogen-bond acceptors (Lipinski definition) is 3. The summed E-state index contributed by atoms with van der Waals surface area (Å²) in [6, 6.07) is 30.9. The average molecular weight is 838 g/mol. The Hall–Kier alpha value is -5.17. The molecule has 282 valence electrons. The van der Waals surface area contributed by atoms with Gasteiger partial charge in [-0.05, 0) is 97.0 Å². The maximum absolute atomic E-state index is 4.47. The molecule has 2 unspecified atom stereocenters. The summed E-state index contributed by atoms with van der Waals surface area (Å²) in [4.78, 5) is 4.82. The Morgan fingerprint density at radius 1 is 0.855 bits per heavy atom. The van der Waals surface area contributed by atoms with Crippen molar-refractivity contribution >= 4 is 62.9 Å². The minimum absolute atomic E-state index is 0.182. The maximum atomic E-state index is 4.47. The minimum atomic E-state index is 0.182. The molecule has 0 aliphatic heterocycles. The molecule has 0 saturated heterocycles. The molecule has 0 fully saturated rings. The molecule has 5 rings (SSSR count). The Bertz CT molecular complexity index is 2100. The zero-order chi connectivity index (χ0) is 39.6. The van der Waals surface area contributed by atoms with Crippen LogP contribution in [0.25, 0.3) is 22.9 Å². The fourth-order valence-electron chi connectivity index (χ4n) is 6.85. The number of benzene rings is 4. The lowest BCUT2D eigenvalue weighted by Crippen LogP contribution is -2.29. The molecule has 4 aromatic carbocycles.